The Morgan fingerprint density at radius 3 is 2.65 bits per heavy atom. The van der Waals surface area contributed by atoms with Crippen LogP contribution in [0.5, 0.6) is 0 Å². The Hall–Kier alpha value is -0.970. The summed E-state index contributed by atoms with van der Waals surface area (Å²) in [5, 5.41) is 3.20. The summed E-state index contributed by atoms with van der Waals surface area (Å²) >= 11 is 5.90. The van der Waals surface area contributed by atoms with Gasteiger partial charge in [0.15, 0.2) is 0 Å². The van der Waals surface area contributed by atoms with Crippen molar-refractivity contribution in [2.75, 3.05) is 5.32 Å². The van der Waals surface area contributed by atoms with Crippen molar-refractivity contribution in [3.05, 3.63) is 22.8 Å². The molecule has 1 N–H and O–H groups in total. The summed E-state index contributed by atoms with van der Waals surface area (Å²) in [5.41, 5.74) is -0.817. The number of aromatic nitrogens is 1. The van der Waals surface area contributed by atoms with Crippen molar-refractivity contribution in [3.8, 4) is 0 Å². The van der Waals surface area contributed by atoms with E-state index in [4.69, 9.17) is 11.6 Å². The van der Waals surface area contributed by atoms with E-state index in [1.165, 1.54) is 6.42 Å². The summed E-state index contributed by atoms with van der Waals surface area (Å²) in [5.74, 6) is 1.05. The first-order chi connectivity index (χ1) is 9.36. The molecule has 2 unspecified atom stereocenters. The fourth-order valence-electron chi connectivity index (χ4n) is 2.52. The lowest BCUT2D eigenvalue weighted by Gasteiger charge is -2.18. The molecule has 1 heterocycles. The minimum Gasteiger partial charge on any atom is -0.366 e. The molecule has 1 saturated carbocycles. The van der Waals surface area contributed by atoms with Gasteiger partial charge in [0.25, 0.3) is 0 Å². The number of nitrogens with one attached hydrogen (secondary N) is 1. The number of hydrogen-bond acceptors (Lipinski definition) is 2. The number of nitrogens with zero attached hydrogens (tertiary/aromatic N) is 1. The Kier molecular flexibility index (Phi) is 4.78. The van der Waals surface area contributed by atoms with Crippen LogP contribution in [0.4, 0.5) is 19.0 Å². The summed E-state index contributed by atoms with van der Waals surface area (Å²) < 4.78 is 37.6. The molecule has 2 atom stereocenters. The SMILES string of the molecule is CC1CCCC(Nc2ncc(C(F)(F)F)cc2Cl)CC1. The third kappa shape index (κ3) is 4.01. The number of rotatable bonds is 2. The largest absolute Gasteiger partial charge is 0.417 e. The van der Waals surface area contributed by atoms with Gasteiger partial charge < -0.3 is 5.32 Å². The first kappa shape index (κ1) is 15.4. The van der Waals surface area contributed by atoms with Gasteiger partial charge in [0.05, 0.1) is 10.6 Å². The number of anilines is 1. The van der Waals surface area contributed by atoms with E-state index in [1.54, 1.807) is 0 Å². The third-order valence-electron chi connectivity index (χ3n) is 3.77. The van der Waals surface area contributed by atoms with E-state index in [-0.39, 0.29) is 11.1 Å². The Labute approximate surface area is 121 Å². The lowest BCUT2D eigenvalue weighted by atomic mass is 10.0. The number of pyridine rings is 1. The van der Waals surface area contributed by atoms with Crippen LogP contribution in [-0.2, 0) is 6.18 Å². The molecule has 0 amide bonds. The smallest absolute Gasteiger partial charge is 0.366 e. The Morgan fingerprint density at radius 1 is 1.25 bits per heavy atom. The second-order valence-electron chi connectivity index (χ2n) is 5.51. The molecule has 1 aromatic rings. The van der Waals surface area contributed by atoms with Crippen molar-refractivity contribution in [2.45, 2.75) is 51.2 Å². The second-order valence-corrected chi connectivity index (χ2v) is 5.91. The Morgan fingerprint density at radius 2 is 2.00 bits per heavy atom. The van der Waals surface area contributed by atoms with Crippen LogP contribution in [0.15, 0.2) is 12.3 Å². The monoisotopic (exact) mass is 306 g/mol. The van der Waals surface area contributed by atoms with Crippen LogP contribution in [0.25, 0.3) is 0 Å². The van der Waals surface area contributed by atoms with Gasteiger partial charge in [-0.05, 0) is 31.2 Å². The summed E-state index contributed by atoms with van der Waals surface area (Å²) in [6.07, 6.45) is 1.86. The van der Waals surface area contributed by atoms with Gasteiger partial charge in [0, 0.05) is 12.2 Å². The highest BCUT2D eigenvalue weighted by Crippen LogP contribution is 2.33. The van der Waals surface area contributed by atoms with E-state index in [1.807, 2.05) is 0 Å². The minimum atomic E-state index is -4.41. The quantitative estimate of drug-likeness (QED) is 0.766. The predicted molar refractivity (Wildman–Crippen MR) is 73.9 cm³/mol. The molecule has 0 spiro atoms. The molecule has 112 valence electrons. The van der Waals surface area contributed by atoms with E-state index in [2.05, 4.69) is 17.2 Å². The fraction of sp³-hybridized carbons (Fsp3) is 0.643. The summed E-state index contributed by atoms with van der Waals surface area (Å²) in [7, 11) is 0. The molecule has 0 aliphatic heterocycles. The predicted octanol–water partition coefficient (Wildman–Crippen LogP) is 5.13. The maximum atomic E-state index is 12.5. The molecule has 0 bridgehead atoms. The molecule has 20 heavy (non-hydrogen) atoms. The third-order valence-corrected chi connectivity index (χ3v) is 4.05. The molecule has 0 saturated heterocycles. The van der Waals surface area contributed by atoms with E-state index < -0.39 is 11.7 Å². The molecule has 1 fully saturated rings. The molecule has 2 nitrogen and oxygen atoms in total. The standard InChI is InChI=1S/C14H18ClF3N2/c1-9-3-2-4-11(6-5-9)20-13-12(15)7-10(8-19-13)14(16,17)18/h7-9,11H,2-6H2,1H3,(H,19,20). The van der Waals surface area contributed by atoms with E-state index in [0.29, 0.717) is 11.7 Å². The molecule has 1 aromatic heterocycles. The Balaban J connectivity index is 2.06. The molecule has 2 rings (SSSR count). The van der Waals surface area contributed by atoms with Crippen LogP contribution in [0.3, 0.4) is 0 Å². The maximum absolute atomic E-state index is 12.5. The van der Waals surface area contributed by atoms with Crippen LogP contribution >= 0.6 is 11.6 Å². The van der Waals surface area contributed by atoms with Crippen LogP contribution in [0.1, 0.15) is 44.6 Å². The van der Waals surface area contributed by atoms with Gasteiger partial charge in [-0.2, -0.15) is 13.2 Å². The van der Waals surface area contributed by atoms with Gasteiger partial charge in [0.2, 0.25) is 0 Å². The fourth-order valence-corrected chi connectivity index (χ4v) is 2.74. The first-order valence-corrected chi connectivity index (χ1v) is 7.23. The molecule has 0 aromatic carbocycles. The van der Waals surface area contributed by atoms with Gasteiger partial charge in [0.1, 0.15) is 5.82 Å². The average Bonchev–Trinajstić information content (AvgIpc) is 2.56. The summed E-state index contributed by atoms with van der Waals surface area (Å²) in [4.78, 5) is 3.83. The molecule has 6 heteroatoms. The maximum Gasteiger partial charge on any atom is 0.417 e. The average molecular weight is 307 g/mol. The minimum absolute atomic E-state index is 0.0251. The van der Waals surface area contributed by atoms with Crippen molar-refractivity contribution in [1.29, 1.82) is 0 Å². The van der Waals surface area contributed by atoms with Crippen molar-refractivity contribution in [3.63, 3.8) is 0 Å². The Bertz CT molecular complexity index is 462. The van der Waals surface area contributed by atoms with Gasteiger partial charge in [-0.25, -0.2) is 4.98 Å². The zero-order valence-corrected chi connectivity index (χ0v) is 12.1. The second kappa shape index (κ2) is 6.20. The first-order valence-electron chi connectivity index (χ1n) is 6.85. The molecule has 1 aliphatic carbocycles. The number of alkyl halides is 3. The molecular weight excluding hydrogens is 289 g/mol. The zero-order chi connectivity index (χ0) is 14.8. The van der Waals surface area contributed by atoms with Crippen LogP contribution in [-0.4, -0.2) is 11.0 Å². The molecule has 0 radical (unpaired) electrons. The molecule has 1 aliphatic rings. The number of halogens is 4. The van der Waals surface area contributed by atoms with E-state index in [9.17, 15) is 13.2 Å². The van der Waals surface area contributed by atoms with Gasteiger partial charge >= 0.3 is 6.18 Å². The normalized spacial score (nSPS) is 24.2. The van der Waals surface area contributed by atoms with Crippen molar-refractivity contribution < 1.29 is 13.2 Å². The number of hydrogen-bond donors (Lipinski definition) is 1. The van der Waals surface area contributed by atoms with Crippen LogP contribution < -0.4 is 5.32 Å². The van der Waals surface area contributed by atoms with E-state index in [0.717, 1.165) is 37.9 Å². The highest BCUT2D eigenvalue weighted by molar-refractivity contribution is 6.33. The van der Waals surface area contributed by atoms with Crippen molar-refractivity contribution in [1.82, 2.24) is 4.98 Å². The van der Waals surface area contributed by atoms with Gasteiger partial charge in [-0.3, -0.25) is 0 Å². The van der Waals surface area contributed by atoms with Crippen LogP contribution in [0, 0.1) is 5.92 Å². The van der Waals surface area contributed by atoms with Crippen molar-refractivity contribution >= 4 is 17.4 Å². The van der Waals surface area contributed by atoms with Crippen LogP contribution in [0.2, 0.25) is 5.02 Å². The highest BCUT2D eigenvalue weighted by Gasteiger charge is 2.31. The molecular formula is C14H18ClF3N2. The van der Waals surface area contributed by atoms with Gasteiger partial charge in [-0.15, -0.1) is 0 Å². The zero-order valence-electron chi connectivity index (χ0n) is 11.3. The lowest BCUT2D eigenvalue weighted by molar-refractivity contribution is -0.137. The summed E-state index contributed by atoms with van der Waals surface area (Å²) in [6, 6.07) is 1.16. The van der Waals surface area contributed by atoms with E-state index >= 15 is 0 Å². The topological polar surface area (TPSA) is 24.9 Å². The van der Waals surface area contributed by atoms with Gasteiger partial charge in [-0.1, -0.05) is 31.4 Å². The summed E-state index contributed by atoms with van der Waals surface area (Å²) in [6.45, 7) is 2.23. The van der Waals surface area contributed by atoms with Crippen molar-refractivity contribution in [2.24, 2.45) is 5.92 Å². The highest BCUT2D eigenvalue weighted by atomic mass is 35.5. The lowest BCUT2D eigenvalue weighted by Crippen LogP contribution is -2.20.